The molecule has 2 heteroatoms. The van der Waals surface area contributed by atoms with Gasteiger partial charge in [-0.15, -0.1) is 0 Å². The fraction of sp³-hybridized carbons (Fsp3) is 0.0667. The molecule has 0 heterocycles. The van der Waals surface area contributed by atoms with E-state index in [4.69, 9.17) is 10.5 Å². The van der Waals surface area contributed by atoms with Crippen molar-refractivity contribution in [3.63, 3.8) is 0 Å². The number of hydrogen-bond acceptors (Lipinski definition) is 2. The van der Waals surface area contributed by atoms with Crippen LogP contribution in [0.4, 0.5) is 0 Å². The van der Waals surface area contributed by atoms with Gasteiger partial charge in [0.15, 0.2) is 0 Å². The van der Waals surface area contributed by atoms with Crippen LogP contribution in [0.15, 0.2) is 42.5 Å². The van der Waals surface area contributed by atoms with E-state index in [1.165, 1.54) is 0 Å². The maximum atomic E-state index is 8.92. The molecule has 80 valence electrons. The molecule has 0 bridgehead atoms. The summed E-state index contributed by atoms with van der Waals surface area (Å²) in [6.07, 6.45) is 0. The summed E-state index contributed by atoms with van der Waals surface area (Å²) in [5.74, 6) is 0. The van der Waals surface area contributed by atoms with Gasteiger partial charge in [-0.2, -0.15) is 10.5 Å². The second-order valence-corrected chi connectivity index (χ2v) is 3.89. The standard InChI is InChI=1S/C15H10N2/c1-11-3-2-4-14(5-11)15-7-12(9-16)6-13(8-15)10-17/h2-8H,1H3. The van der Waals surface area contributed by atoms with Crippen LogP contribution in [-0.4, -0.2) is 0 Å². The lowest BCUT2D eigenvalue weighted by Gasteiger charge is -2.04. The number of nitriles is 2. The SMILES string of the molecule is Cc1cccc(-c2cc(C#N)cc(C#N)c2)c1. The molecule has 2 aromatic rings. The van der Waals surface area contributed by atoms with E-state index in [1.54, 1.807) is 18.2 Å². The first kappa shape index (κ1) is 10.9. The third-order valence-electron chi connectivity index (χ3n) is 2.54. The Morgan fingerprint density at radius 3 is 2.00 bits per heavy atom. The molecule has 2 nitrogen and oxygen atoms in total. The van der Waals surface area contributed by atoms with Gasteiger partial charge in [0.25, 0.3) is 0 Å². The van der Waals surface area contributed by atoms with Crippen molar-refractivity contribution in [2.24, 2.45) is 0 Å². The van der Waals surface area contributed by atoms with Crippen molar-refractivity contribution in [1.29, 1.82) is 10.5 Å². The first-order valence-electron chi connectivity index (χ1n) is 5.25. The summed E-state index contributed by atoms with van der Waals surface area (Å²) >= 11 is 0. The Morgan fingerprint density at radius 2 is 1.47 bits per heavy atom. The average Bonchev–Trinajstić information content (AvgIpc) is 2.38. The molecule has 17 heavy (non-hydrogen) atoms. The van der Waals surface area contributed by atoms with Crippen molar-refractivity contribution in [3.05, 3.63) is 59.2 Å². The largest absolute Gasteiger partial charge is 0.192 e. The molecule has 0 saturated heterocycles. The zero-order valence-corrected chi connectivity index (χ0v) is 9.44. The van der Waals surface area contributed by atoms with Gasteiger partial charge < -0.3 is 0 Å². The molecule has 0 unspecified atom stereocenters. The lowest BCUT2D eigenvalue weighted by Crippen LogP contribution is -1.85. The Hall–Kier alpha value is -2.58. The third kappa shape index (κ3) is 2.33. The van der Waals surface area contributed by atoms with Crippen LogP contribution >= 0.6 is 0 Å². The minimum Gasteiger partial charge on any atom is -0.192 e. The summed E-state index contributed by atoms with van der Waals surface area (Å²) in [5.41, 5.74) is 4.12. The maximum Gasteiger partial charge on any atom is 0.0992 e. The molecule has 0 saturated carbocycles. The van der Waals surface area contributed by atoms with Crippen LogP contribution in [0.2, 0.25) is 0 Å². The van der Waals surface area contributed by atoms with Gasteiger partial charge in [0, 0.05) is 0 Å². The van der Waals surface area contributed by atoms with Crippen molar-refractivity contribution in [2.45, 2.75) is 6.92 Å². The molecular weight excluding hydrogens is 208 g/mol. The zero-order chi connectivity index (χ0) is 12.3. The molecule has 0 aliphatic carbocycles. The average molecular weight is 218 g/mol. The van der Waals surface area contributed by atoms with E-state index in [1.807, 2.05) is 31.2 Å². The van der Waals surface area contributed by atoms with Gasteiger partial charge >= 0.3 is 0 Å². The molecule has 0 aliphatic rings. The van der Waals surface area contributed by atoms with Gasteiger partial charge in [0.1, 0.15) is 0 Å². The predicted molar refractivity (Wildman–Crippen MR) is 66.0 cm³/mol. The highest BCUT2D eigenvalue weighted by Gasteiger charge is 2.03. The molecule has 2 rings (SSSR count). The van der Waals surface area contributed by atoms with E-state index in [2.05, 4.69) is 12.1 Å². The van der Waals surface area contributed by atoms with Crippen molar-refractivity contribution in [3.8, 4) is 23.3 Å². The van der Waals surface area contributed by atoms with Gasteiger partial charge in [-0.3, -0.25) is 0 Å². The fourth-order valence-corrected chi connectivity index (χ4v) is 1.75. The second-order valence-electron chi connectivity index (χ2n) is 3.89. The topological polar surface area (TPSA) is 47.6 Å². The molecule has 0 spiro atoms. The Balaban J connectivity index is 2.60. The quantitative estimate of drug-likeness (QED) is 0.736. The number of hydrogen-bond donors (Lipinski definition) is 0. The van der Waals surface area contributed by atoms with E-state index in [9.17, 15) is 0 Å². The van der Waals surface area contributed by atoms with Crippen molar-refractivity contribution in [2.75, 3.05) is 0 Å². The van der Waals surface area contributed by atoms with Crippen LogP contribution in [-0.2, 0) is 0 Å². The molecule has 0 aromatic heterocycles. The smallest absolute Gasteiger partial charge is 0.0992 e. The molecule has 0 atom stereocenters. The van der Waals surface area contributed by atoms with Gasteiger partial charge in [-0.1, -0.05) is 29.8 Å². The monoisotopic (exact) mass is 218 g/mol. The minimum absolute atomic E-state index is 0.514. The van der Waals surface area contributed by atoms with Gasteiger partial charge in [0.2, 0.25) is 0 Å². The van der Waals surface area contributed by atoms with Crippen LogP contribution in [0.1, 0.15) is 16.7 Å². The molecule has 2 aromatic carbocycles. The van der Waals surface area contributed by atoms with Gasteiger partial charge in [-0.05, 0) is 36.2 Å². The zero-order valence-electron chi connectivity index (χ0n) is 9.44. The van der Waals surface area contributed by atoms with Crippen LogP contribution < -0.4 is 0 Å². The first-order chi connectivity index (χ1) is 8.22. The first-order valence-corrected chi connectivity index (χ1v) is 5.25. The van der Waals surface area contributed by atoms with Crippen molar-refractivity contribution in [1.82, 2.24) is 0 Å². The third-order valence-corrected chi connectivity index (χ3v) is 2.54. The number of benzene rings is 2. The van der Waals surface area contributed by atoms with Gasteiger partial charge in [0.05, 0.1) is 23.3 Å². The highest BCUT2D eigenvalue weighted by Crippen LogP contribution is 2.23. The van der Waals surface area contributed by atoms with Crippen molar-refractivity contribution >= 4 is 0 Å². The summed E-state index contributed by atoms with van der Waals surface area (Å²) in [7, 11) is 0. The lowest BCUT2D eigenvalue weighted by atomic mass is 9.99. The highest BCUT2D eigenvalue weighted by molar-refractivity contribution is 5.68. The minimum atomic E-state index is 0.514. The number of aryl methyl sites for hydroxylation is 1. The Labute approximate surface area is 100 Å². The molecule has 0 fully saturated rings. The van der Waals surface area contributed by atoms with Crippen LogP contribution in [0.3, 0.4) is 0 Å². The van der Waals surface area contributed by atoms with Crippen molar-refractivity contribution < 1.29 is 0 Å². The molecule has 0 N–H and O–H groups in total. The van der Waals surface area contributed by atoms with Crippen LogP contribution in [0.25, 0.3) is 11.1 Å². The van der Waals surface area contributed by atoms with Crippen LogP contribution in [0.5, 0.6) is 0 Å². The van der Waals surface area contributed by atoms with E-state index in [0.29, 0.717) is 11.1 Å². The lowest BCUT2D eigenvalue weighted by molar-refractivity contribution is 1.43. The summed E-state index contributed by atoms with van der Waals surface area (Å²) in [6.45, 7) is 2.02. The predicted octanol–water partition coefficient (Wildman–Crippen LogP) is 3.41. The Kier molecular flexibility index (Phi) is 2.90. The summed E-state index contributed by atoms with van der Waals surface area (Å²) in [4.78, 5) is 0. The molecule has 0 amide bonds. The number of rotatable bonds is 1. The normalized spacial score (nSPS) is 9.35. The maximum absolute atomic E-state index is 8.92. The fourth-order valence-electron chi connectivity index (χ4n) is 1.75. The summed E-state index contributed by atoms with van der Waals surface area (Å²) in [5, 5.41) is 17.8. The molecule has 0 aliphatic heterocycles. The highest BCUT2D eigenvalue weighted by atomic mass is 14.3. The molecule has 0 radical (unpaired) electrons. The van der Waals surface area contributed by atoms with E-state index in [0.717, 1.165) is 16.7 Å². The Morgan fingerprint density at radius 1 is 0.824 bits per heavy atom. The second kappa shape index (κ2) is 4.51. The summed E-state index contributed by atoms with van der Waals surface area (Å²) < 4.78 is 0. The van der Waals surface area contributed by atoms with Crippen LogP contribution in [0, 0.1) is 29.6 Å². The van der Waals surface area contributed by atoms with Gasteiger partial charge in [-0.25, -0.2) is 0 Å². The van der Waals surface area contributed by atoms with E-state index >= 15 is 0 Å². The summed E-state index contributed by atoms with van der Waals surface area (Å²) in [6, 6.07) is 17.4. The number of nitrogens with zero attached hydrogens (tertiary/aromatic N) is 2. The molecular formula is C15H10N2. The van der Waals surface area contributed by atoms with E-state index in [-0.39, 0.29) is 0 Å². The Bertz CT molecular complexity index is 610. The van der Waals surface area contributed by atoms with E-state index < -0.39 is 0 Å².